The van der Waals surface area contributed by atoms with Gasteiger partial charge in [0.1, 0.15) is 5.82 Å². The van der Waals surface area contributed by atoms with Crippen molar-refractivity contribution in [3.8, 4) is 11.4 Å². The minimum atomic E-state index is 0.762. The number of fused-ring (bicyclic) bond motifs is 1. The summed E-state index contributed by atoms with van der Waals surface area (Å²) in [5, 5.41) is 0. The van der Waals surface area contributed by atoms with Gasteiger partial charge in [-0.3, -0.25) is 4.98 Å². The maximum absolute atomic E-state index is 5.84. The molecule has 0 bridgehead atoms. The quantitative estimate of drug-likeness (QED) is 0.698. The highest BCUT2D eigenvalue weighted by Gasteiger charge is 2.11. The minimum absolute atomic E-state index is 0.762. The molecule has 0 radical (unpaired) electrons. The molecule has 0 saturated heterocycles. The van der Waals surface area contributed by atoms with Crippen molar-refractivity contribution in [2.45, 2.75) is 13.5 Å². The third-order valence-electron chi connectivity index (χ3n) is 3.03. The highest BCUT2D eigenvalue weighted by atomic mass is 15.1. The lowest BCUT2D eigenvalue weighted by atomic mass is 10.2. The molecule has 0 aliphatic rings. The van der Waals surface area contributed by atoms with Crippen LogP contribution in [0.2, 0.25) is 0 Å². The number of pyridine rings is 1. The molecule has 0 spiro atoms. The van der Waals surface area contributed by atoms with E-state index in [1.54, 1.807) is 12.4 Å². The maximum atomic E-state index is 5.84. The number of nitrogens with two attached hydrogens (primary N) is 1. The van der Waals surface area contributed by atoms with Gasteiger partial charge in [-0.15, -0.1) is 0 Å². The largest absolute Gasteiger partial charge is 0.399 e. The first-order valence-electron chi connectivity index (χ1n) is 5.95. The fraction of sp³-hybridized carbons (Fsp3) is 0.143. The number of hydrogen-bond acceptors (Lipinski definition) is 3. The van der Waals surface area contributed by atoms with Gasteiger partial charge < -0.3 is 10.3 Å². The zero-order chi connectivity index (χ0) is 12.5. The molecule has 0 unspecified atom stereocenters. The fourth-order valence-corrected chi connectivity index (χ4v) is 2.18. The molecule has 0 fully saturated rings. The van der Waals surface area contributed by atoms with Crippen LogP contribution in [0.15, 0.2) is 42.7 Å². The van der Waals surface area contributed by atoms with Gasteiger partial charge >= 0.3 is 0 Å². The standard InChI is InChI=1S/C14H14N4/c1-2-18-13-9-11(15)3-4-12(13)17-14(18)10-5-7-16-8-6-10/h3-9H,2,15H2,1H3. The zero-order valence-corrected chi connectivity index (χ0v) is 10.2. The Hall–Kier alpha value is -2.36. The molecule has 18 heavy (non-hydrogen) atoms. The highest BCUT2D eigenvalue weighted by molar-refractivity contribution is 5.83. The third kappa shape index (κ3) is 1.62. The Morgan fingerprint density at radius 2 is 1.94 bits per heavy atom. The van der Waals surface area contributed by atoms with Crippen molar-refractivity contribution < 1.29 is 0 Å². The van der Waals surface area contributed by atoms with Crippen molar-refractivity contribution in [3.05, 3.63) is 42.7 Å². The summed E-state index contributed by atoms with van der Waals surface area (Å²) in [6, 6.07) is 9.75. The Labute approximate surface area is 105 Å². The van der Waals surface area contributed by atoms with Crippen LogP contribution in [0.5, 0.6) is 0 Å². The monoisotopic (exact) mass is 238 g/mol. The summed E-state index contributed by atoms with van der Waals surface area (Å²) < 4.78 is 2.17. The van der Waals surface area contributed by atoms with Gasteiger partial charge in [0.25, 0.3) is 0 Å². The number of rotatable bonds is 2. The lowest BCUT2D eigenvalue weighted by Crippen LogP contribution is -1.97. The van der Waals surface area contributed by atoms with Gasteiger partial charge in [-0.2, -0.15) is 0 Å². The van der Waals surface area contributed by atoms with Gasteiger partial charge in [0.2, 0.25) is 0 Å². The molecule has 0 aliphatic heterocycles. The lowest BCUT2D eigenvalue weighted by Gasteiger charge is -2.05. The van der Waals surface area contributed by atoms with Crippen molar-refractivity contribution in [3.63, 3.8) is 0 Å². The van der Waals surface area contributed by atoms with Gasteiger partial charge in [0.15, 0.2) is 0 Å². The summed E-state index contributed by atoms with van der Waals surface area (Å²) in [6.45, 7) is 2.96. The Morgan fingerprint density at radius 1 is 1.17 bits per heavy atom. The topological polar surface area (TPSA) is 56.7 Å². The van der Waals surface area contributed by atoms with Gasteiger partial charge in [0.05, 0.1) is 11.0 Å². The highest BCUT2D eigenvalue weighted by Crippen LogP contribution is 2.25. The average Bonchev–Trinajstić information content (AvgIpc) is 2.77. The van der Waals surface area contributed by atoms with Gasteiger partial charge in [-0.25, -0.2) is 4.98 Å². The predicted molar refractivity (Wildman–Crippen MR) is 73.1 cm³/mol. The van der Waals surface area contributed by atoms with E-state index >= 15 is 0 Å². The van der Waals surface area contributed by atoms with Gasteiger partial charge in [0, 0.05) is 30.2 Å². The minimum Gasteiger partial charge on any atom is -0.399 e. The Kier molecular flexibility index (Phi) is 2.48. The van der Waals surface area contributed by atoms with Crippen LogP contribution in [-0.2, 0) is 6.54 Å². The Morgan fingerprint density at radius 3 is 2.67 bits per heavy atom. The molecule has 0 saturated carbocycles. The third-order valence-corrected chi connectivity index (χ3v) is 3.03. The Bertz CT molecular complexity index is 686. The average molecular weight is 238 g/mol. The SMILES string of the molecule is CCn1c(-c2ccncc2)nc2ccc(N)cc21. The molecule has 0 amide bonds. The van der Waals surface area contributed by atoms with Crippen molar-refractivity contribution in [1.29, 1.82) is 0 Å². The number of aromatic nitrogens is 3. The van der Waals surface area contributed by atoms with Crippen LogP contribution in [0.4, 0.5) is 5.69 Å². The number of hydrogen-bond donors (Lipinski definition) is 1. The van der Waals surface area contributed by atoms with E-state index in [1.807, 2.05) is 30.3 Å². The second-order valence-electron chi connectivity index (χ2n) is 4.16. The molecule has 0 aliphatic carbocycles. The molecule has 2 aromatic heterocycles. The van der Waals surface area contributed by atoms with Crippen LogP contribution in [0, 0.1) is 0 Å². The van der Waals surface area contributed by atoms with E-state index in [1.165, 1.54) is 0 Å². The number of aryl methyl sites for hydroxylation is 1. The van der Waals surface area contributed by atoms with Crippen LogP contribution in [0.25, 0.3) is 22.4 Å². The molecule has 3 rings (SSSR count). The number of nitrogens with zero attached hydrogens (tertiary/aromatic N) is 3. The van der Waals surface area contributed by atoms with Crippen LogP contribution in [-0.4, -0.2) is 14.5 Å². The fourth-order valence-electron chi connectivity index (χ4n) is 2.18. The van der Waals surface area contributed by atoms with Crippen LogP contribution in [0.1, 0.15) is 6.92 Å². The second kappa shape index (κ2) is 4.14. The first-order chi connectivity index (χ1) is 8.79. The molecule has 4 heteroatoms. The molecule has 0 atom stereocenters. The summed E-state index contributed by atoms with van der Waals surface area (Å²) in [5.41, 5.74) is 9.72. The van der Waals surface area contributed by atoms with Gasteiger partial charge in [-0.05, 0) is 37.3 Å². The number of nitrogen functional groups attached to an aromatic ring is 1. The molecule has 3 aromatic rings. The second-order valence-corrected chi connectivity index (χ2v) is 4.16. The molecule has 90 valence electrons. The van der Waals surface area contributed by atoms with E-state index in [2.05, 4.69) is 21.5 Å². The first kappa shape index (κ1) is 10.8. The number of benzene rings is 1. The van der Waals surface area contributed by atoms with E-state index in [0.717, 1.165) is 34.7 Å². The normalized spacial score (nSPS) is 10.9. The molecule has 2 N–H and O–H groups in total. The van der Waals surface area contributed by atoms with E-state index in [0.29, 0.717) is 0 Å². The zero-order valence-electron chi connectivity index (χ0n) is 10.2. The summed E-state index contributed by atoms with van der Waals surface area (Å²) in [4.78, 5) is 8.71. The summed E-state index contributed by atoms with van der Waals surface area (Å²) in [6.07, 6.45) is 3.56. The number of imidazole rings is 1. The number of anilines is 1. The van der Waals surface area contributed by atoms with E-state index < -0.39 is 0 Å². The molecule has 2 heterocycles. The van der Waals surface area contributed by atoms with Crippen LogP contribution < -0.4 is 5.73 Å². The summed E-state index contributed by atoms with van der Waals surface area (Å²) in [7, 11) is 0. The van der Waals surface area contributed by atoms with Crippen LogP contribution >= 0.6 is 0 Å². The summed E-state index contributed by atoms with van der Waals surface area (Å²) in [5.74, 6) is 0.959. The summed E-state index contributed by atoms with van der Waals surface area (Å²) >= 11 is 0. The molecule has 1 aromatic carbocycles. The predicted octanol–water partition coefficient (Wildman–Crippen LogP) is 2.70. The Balaban J connectivity index is 2.30. The van der Waals surface area contributed by atoms with Crippen molar-refractivity contribution in [1.82, 2.24) is 14.5 Å². The molecule has 4 nitrogen and oxygen atoms in total. The smallest absolute Gasteiger partial charge is 0.141 e. The molecular weight excluding hydrogens is 224 g/mol. The van der Waals surface area contributed by atoms with Gasteiger partial charge in [-0.1, -0.05) is 0 Å². The van der Waals surface area contributed by atoms with Crippen molar-refractivity contribution in [2.75, 3.05) is 5.73 Å². The van der Waals surface area contributed by atoms with Crippen LogP contribution in [0.3, 0.4) is 0 Å². The van der Waals surface area contributed by atoms with Crippen molar-refractivity contribution >= 4 is 16.7 Å². The molecular formula is C14H14N4. The first-order valence-corrected chi connectivity index (χ1v) is 5.95. The van der Waals surface area contributed by atoms with Crippen molar-refractivity contribution in [2.24, 2.45) is 0 Å². The van der Waals surface area contributed by atoms with E-state index in [-0.39, 0.29) is 0 Å². The maximum Gasteiger partial charge on any atom is 0.141 e. The lowest BCUT2D eigenvalue weighted by molar-refractivity contribution is 0.796. The van der Waals surface area contributed by atoms with E-state index in [4.69, 9.17) is 5.73 Å². The van der Waals surface area contributed by atoms with E-state index in [9.17, 15) is 0 Å².